The van der Waals surface area contributed by atoms with Crippen LogP contribution in [0.1, 0.15) is 46.0 Å². The molecule has 0 saturated carbocycles. The van der Waals surface area contributed by atoms with Crippen LogP contribution in [0.15, 0.2) is 0 Å². The Hall–Kier alpha value is -0.670. The third kappa shape index (κ3) is 3.30. The fraction of sp³-hybridized carbons (Fsp3) is 1.00. The smallest absolute Gasteiger partial charge is 0.383 e. The van der Waals surface area contributed by atoms with Crippen molar-refractivity contribution in [3.05, 3.63) is 0 Å². The summed E-state index contributed by atoms with van der Waals surface area (Å²) in [6, 6.07) is 0. The minimum absolute atomic E-state index is 0.156. The first-order valence-corrected chi connectivity index (χ1v) is 6.55. The van der Waals surface area contributed by atoms with Gasteiger partial charge in [0.25, 0.3) is 0 Å². The first-order valence-electron chi connectivity index (χ1n) is 6.55. The molecule has 0 spiro atoms. The molecule has 0 aromatic heterocycles. The van der Waals surface area contributed by atoms with Crippen LogP contribution >= 0.6 is 0 Å². The van der Waals surface area contributed by atoms with Crippen molar-refractivity contribution in [3.63, 3.8) is 0 Å². The lowest BCUT2D eigenvalue weighted by molar-refractivity contribution is -0.417. The molecule has 134 valence electrons. The van der Waals surface area contributed by atoms with E-state index in [4.69, 9.17) is 0 Å². The lowest BCUT2D eigenvalue weighted by Crippen LogP contribution is -2.68. The van der Waals surface area contributed by atoms with E-state index >= 15 is 0 Å². The molecule has 0 bridgehead atoms. The second-order valence-electron chi connectivity index (χ2n) is 5.11. The normalized spacial score (nSPS) is 17.5. The van der Waals surface area contributed by atoms with Crippen LogP contribution in [-0.2, 0) is 0 Å². The van der Waals surface area contributed by atoms with Gasteiger partial charge >= 0.3 is 23.9 Å². The molecule has 0 fully saturated rings. The minimum Gasteiger partial charge on any atom is -0.383 e. The maximum Gasteiger partial charge on any atom is 0.460 e. The predicted octanol–water partition coefficient (Wildman–Crippen LogP) is 5.18. The molecule has 0 radical (unpaired) electrons. The van der Waals surface area contributed by atoms with Crippen molar-refractivity contribution >= 4 is 0 Å². The van der Waals surface area contributed by atoms with Crippen molar-refractivity contribution in [2.75, 3.05) is 0 Å². The minimum atomic E-state index is -6.97. The molecule has 0 amide bonds. The van der Waals surface area contributed by atoms with Gasteiger partial charge in [0.1, 0.15) is 5.60 Å². The number of aliphatic hydroxyl groups is 1. The van der Waals surface area contributed by atoms with E-state index in [1.165, 1.54) is 13.8 Å². The van der Waals surface area contributed by atoms with Crippen LogP contribution in [0.2, 0.25) is 0 Å². The maximum atomic E-state index is 13.8. The zero-order valence-electron chi connectivity index (χ0n) is 11.9. The summed E-state index contributed by atoms with van der Waals surface area (Å²) in [5, 5.41) is 9.70. The van der Waals surface area contributed by atoms with Gasteiger partial charge in [-0.2, -0.15) is 39.5 Å². The third-order valence-electron chi connectivity index (χ3n) is 3.34. The molecule has 1 unspecified atom stereocenters. The van der Waals surface area contributed by atoms with Gasteiger partial charge in [0.2, 0.25) is 0 Å². The summed E-state index contributed by atoms with van der Waals surface area (Å²) in [5.41, 5.74) is -3.66. The molecule has 0 aliphatic rings. The molecule has 0 heterocycles. The lowest BCUT2D eigenvalue weighted by atomic mass is 9.80. The first-order chi connectivity index (χ1) is 9.62. The molecule has 0 aliphatic carbocycles. The highest BCUT2D eigenvalue weighted by molar-refractivity contribution is 5.09. The van der Waals surface area contributed by atoms with Crippen molar-refractivity contribution in [3.8, 4) is 0 Å². The molecule has 0 aromatic rings. The monoisotopic (exact) mass is 348 g/mol. The zero-order valence-corrected chi connectivity index (χ0v) is 11.9. The van der Waals surface area contributed by atoms with E-state index in [0.29, 0.717) is 0 Å². The van der Waals surface area contributed by atoms with Crippen molar-refractivity contribution in [2.45, 2.75) is 75.5 Å². The number of rotatable bonds is 8. The number of halogens is 9. The van der Waals surface area contributed by atoms with Gasteiger partial charge in [-0.15, -0.1) is 0 Å². The van der Waals surface area contributed by atoms with Crippen LogP contribution in [0, 0.1) is 0 Å². The average molecular weight is 348 g/mol. The summed E-state index contributed by atoms with van der Waals surface area (Å²) in [7, 11) is 0. The van der Waals surface area contributed by atoms with Crippen LogP contribution in [-0.4, -0.2) is 34.7 Å². The summed E-state index contributed by atoms with van der Waals surface area (Å²) < 4.78 is 116. The van der Waals surface area contributed by atoms with Crippen LogP contribution in [0.25, 0.3) is 0 Å². The van der Waals surface area contributed by atoms with E-state index in [0.717, 1.165) is 0 Å². The maximum absolute atomic E-state index is 13.8. The Labute approximate surface area is 121 Å². The molecule has 0 aromatic carbocycles. The number of hydrogen-bond acceptors (Lipinski definition) is 1. The van der Waals surface area contributed by atoms with Gasteiger partial charge in [-0.1, -0.05) is 33.1 Å². The van der Waals surface area contributed by atoms with E-state index in [1.54, 1.807) is 0 Å². The summed E-state index contributed by atoms with van der Waals surface area (Å²) in [6.07, 6.45) is -9.32. The molecular weight excluding hydrogens is 331 g/mol. The molecule has 0 rings (SSSR count). The van der Waals surface area contributed by atoms with Gasteiger partial charge in [-0.05, 0) is 12.8 Å². The van der Waals surface area contributed by atoms with Gasteiger partial charge in [-0.3, -0.25) is 0 Å². The third-order valence-corrected chi connectivity index (χ3v) is 3.34. The molecule has 1 nitrogen and oxygen atoms in total. The van der Waals surface area contributed by atoms with Crippen molar-refractivity contribution in [1.82, 2.24) is 0 Å². The summed E-state index contributed by atoms with van der Waals surface area (Å²) in [4.78, 5) is 0. The summed E-state index contributed by atoms with van der Waals surface area (Å²) in [6.45, 7) is 2.65. The Morgan fingerprint density at radius 3 is 1.41 bits per heavy atom. The Morgan fingerprint density at radius 1 is 0.636 bits per heavy atom. The van der Waals surface area contributed by atoms with E-state index in [1.807, 2.05) is 0 Å². The molecule has 0 aliphatic heterocycles. The Bertz CT molecular complexity index is 364. The highest BCUT2D eigenvalue weighted by Crippen LogP contribution is 2.57. The molecule has 1 atom stereocenters. The fourth-order valence-corrected chi connectivity index (χ4v) is 1.99. The Kier molecular flexibility index (Phi) is 6.25. The van der Waals surface area contributed by atoms with Crippen molar-refractivity contribution in [1.29, 1.82) is 0 Å². The number of hydrogen-bond donors (Lipinski definition) is 1. The Balaban J connectivity index is 5.92. The van der Waals surface area contributed by atoms with Gasteiger partial charge in [-0.25, -0.2) is 0 Å². The molecule has 1 N–H and O–H groups in total. The topological polar surface area (TPSA) is 20.2 Å². The predicted molar refractivity (Wildman–Crippen MR) is 60.3 cm³/mol. The van der Waals surface area contributed by atoms with E-state index in [9.17, 15) is 44.6 Å². The summed E-state index contributed by atoms with van der Waals surface area (Å²) in [5.74, 6) is -19.7. The van der Waals surface area contributed by atoms with Gasteiger partial charge in [0, 0.05) is 0 Å². The van der Waals surface area contributed by atoms with Crippen molar-refractivity contribution in [2.24, 2.45) is 0 Å². The fourth-order valence-electron chi connectivity index (χ4n) is 1.99. The van der Waals surface area contributed by atoms with Crippen LogP contribution < -0.4 is 0 Å². The quantitative estimate of drug-likeness (QED) is 0.600. The van der Waals surface area contributed by atoms with Gasteiger partial charge in [0.15, 0.2) is 0 Å². The van der Waals surface area contributed by atoms with E-state index in [2.05, 4.69) is 0 Å². The van der Waals surface area contributed by atoms with Gasteiger partial charge in [0.05, 0.1) is 0 Å². The molecule has 10 heteroatoms. The van der Waals surface area contributed by atoms with E-state index in [-0.39, 0.29) is 19.3 Å². The van der Waals surface area contributed by atoms with Crippen molar-refractivity contribution < 1.29 is 44.6 Å². The molecule has 0 saturated heterocycles. The van der Waals surface area contributed by atoms with Crippen LogP contribution in [0.3, 0.4) is 0 Å². The Morgan fingerprint density at radius 2 is 1.09 bits per heavy atom. The first kappa shape index (κ1) is 21.3. The SMILES string of the molecule is CCCCC(O)(CCC)C(F)(F)C(F)(F)C(F)(F)C(F)(F)F. The number of unbranched alkanes of at least 4 members (excludes halogenated alkanes) is 1. The highest BCUT2D eigenvalue weighted by atomic mass is 19.4. The zero-order chi connectivity index (χ0) is 18.0. The molecule has 22 heavy (non-hydrogen) atoms. The van der Waals surface area contributed by atoms with Crippen LogP contribution in [0.5, 0.6) is 0 Å². The van der Waals surface area contributed by atoms with Crippen LogP contribution in [0.4, 0.5) is 39.5 Å². The second-order valence-corrected chi connectivity index (χ2v) is 5.11. The highest BCUT2D eigenvalue weighted by Gasteiger charge is 2.85. The van der Waals surface area contributed by atoms with E-state index < -0.39 is 42.4 Å². The number of alkyl halides is 9. The molecular formula is C12H17F9O. The average Bonchev–Trinajstić information content (AvgIpc) is 2.34. The lowest BCUT2D eigenvalue weighted by Gasteiger charge is -2.42. The second kappa shape index (κ2) is 6.45. The summed E-state index contributed by atoms with van der Waals surface area (Å²) >= 11 is 0. The largest absolute Gasteiger partial charge is 0.460 e. The van der Waals surface area contributed by atoms with Gasteiger partial charge < -0.3 is 5.11 Å². The standard InChI is InChI=1S/C12H17F9O/c1-3-5-7-8(22,6-4-2)9(13,14)10(15,16)11(17,18)12(19,20)21/h22H,3-7H2,1-2H3.